The molecule has 0 radical (unpaired) electrons. The number of allylic oxidation sites excluding steroid dienone is 2. The van der Waals surface area contributed by atoms with Crippen LogP contribution in [0.4, 0.5) is 14.0 Å². The minimum absolute atomic E-state index is 0.162. The van der Waals surface area contributed by atoms with Crippen LogP contribution in [0.2, 0.25) is 0 Å². The molecule has 0 N–H and O–H groups in total. The van der Waals surface area contributed by atoms with Crippen LogP contribution in [0, 0.1) is 5.82 Å². The van der Waals surface area contributed by atoms with Crippen LogP contribution in [0.5, 0.6) is 0 Å². The van der Waals surface area contributed by atoms with E-state index in [4.69, 9.17) is 9.47 Å². The van der Waals surface area contributed by atoms with Gasteiger partial charge in [-0.05, 0) is 31.5 Å². The van der Waals surface area contributed by atoms with Crippen molar-refractivity contribution >= 4 is 12.3 Å². The molecule has 0 spiro atoms. The number of ether oxygens (including phenoxy) is 4. The average molecular weight is 365 g/mol. The molecule has 8 heteroatoms. The third-order valence-electron chi connectivity index (χ3n) is 4.15. The van der Waals surface area contributed by atoms with E-state index in [1.54, 1.807) is 31.9 Å². The zero-order valence-corrected chi connectivity index (χ0v) is 15.2. The van der Waals surface area contributed by atoms with E-state index in [-0.39, 0.29) is 11.5 Å². The third-order valence-corrected chi connectivity index (χ3v) is 4.15. The first-order chi connectivity index (χ1) is 12.3. The molecule has 1 aromatic rings. The maximum Gasteiger partial charge on any atom is 0.513 e. The van der Waals surface area contributed by atoms with Crippen LogP contribution < -0.4 is 0 Å². The lowest BCUT2D eigenvalue weighted by molar-refractivity contribution is 0.0750. The Hall–Kier alpha value is -3.03. The molecule has 0 aliphatic carbocycles. The van der Waals surface area contributed by atoms with Gasteiger partial charge in [0.2, 0.25) is 0 Å². The van der Waals surface area contributed by atoms with E-state index in [2.05, 4.69) is 9.47 Å². The fraction of sp³-hybridized carbons (Fsp3) is 0.333. The molecule has 0 atom stereocenters. The highest BCUT2D eigenvalue weighted by Gasteiger charge is 2.37. The molecule has 0 aromatic heterocycles. The molecule has 0 saturated heterocycles. The molecule has 7 nitrogen and oxygen atoms in total. The zero-order valence-electron chi connectivity index (χ0n) is 15.2. The SMILES string of the molecule is COC(=O)OC1=C(C)N(C)C(C)=C(OC(=O)OC)C1c1cccc(F)c1. The van der Waals surface area contributed by atoms with E-state index in [1.165, 1.54) is 32.4 Å². The van der Waals surface area contributed by atoms with Crippen molar-refractivity contribution in [1.82, 2.24) is 4.90 Å². The van der Waals surface area contributed by atoms with Gasteiger partial charge in [0.1, 0.15) is 23.3 Å². The molecule has 140 valence electrons. The molecule has 0 bridgehead atoms. The van der Waals surface area contributed by atoms with Gasteiger partial charge in [0, 0.05) is 7.05 Å². The van der Waals surface area contributed by atoms with Crippen LogP contribution in [-0.2, 0) is 18.9 Å². The summed E-state index contributed by atoms with van der Waals surface area (Å²) in [5, 5.41) is 0. The molecule has 0 unspecified atom stereocenters. The van der Waals surface area contributed by atoms with E-state index in [1.807, 2.05) is 0 Å². The van der Waals surface area contributed by atoms with E-state index in [9.17, 15) is 14.0 Å². The quantitative estimate of drug-likeness (QED) is 0.753. The molecule has 1 aliphatic rings. The van der Waals surface area contributed by atoms with Crippen LogP contribution in [0.25, 0.3) is 0 Å². The lowest BCUT2D eigenvalue weighted by Gasteiger charge is -2.35. The Kier molecular flexibility index (Phi) is 5.86. The lowest BCUT2D eigenvalue weighted by atomic mass is 9.90. The first-order valence-corrected chi connectivity index (χ1v) is 7.72. The van der Waals surface area contributed by atoms with Crippen molar-refractivity contribution in [2.24, 2.45) is 0 Å². The van der Waals surface area contributed by atoms with Crippen LogP contribution in [0.15, 0.2) is 47.2 Å². The number of benzene rings is 1. The van der Waals surface area contributed by atoms with Crippen molar-refractivity contribution < 1.29 is 32.9 Å². The maximum atomic E-state index is 13.8. The van der Waals surface area contributed by atoms with Gasteiger partial charge in [0.05, 0.1) is 25.6 Å². The van der Waals surface area contributed by atoms with Gasteiger partial charge in [0.15, 0.2) is 0 Å². The summed E-state index contributed by atoms with van der Waals surface area (Å²) < 4.78 is 33.6. The number of carbonyl (C=O) groups excluding carboxylic acids is 2. The highest BCUT2D eigenvalue weighted by molar-refractivity contribution is 5.64. The molecular formula is C18H20FNO6. The van der Waals surface area contributed by atoms with Gasteiger partial charge in [-0.3, -0.25) is 0 Å². The normalized spacial score (nSPS) is 15.1. The monoisotopic (exact) mass is 365 g/mol. The van der Waals surface area contributed by atoms with E-state index in [0.717, 1.165) is 0 Å². The molecule has 1 aliphatic heterocycles. The Morgan fingerprint density at radius 2 is 1.50 bits per heavy atom. The van der Waals surface area contributed by atoms with Crippen LogP contribution >= 0.6 is 0 Å². The number of carbonyl (C=O) groups is 2. The van der Waals surface area contributed by atoms with E-state index < -0.39 is 24.0 Å². The second kappa shape index (κ2) is 7.90. The van der Waals surface area contributed by atoms with Gasteiger partial charge in [-0.15, -0.1) is 0 Å². The summed E-state index contributed by atoms with van der Waals surface area (Å²) in [6.45, 7) is 3.45. The summed E-state index contributed by atoms with van der Waals surface area (Å²) >= 11 is 0. The zero-order chi connectivity index (χ0) is 19.4. The Bertz CT molecular complexity index is 744. The van der Waals surface area contributed by atoms with Gasteiger partial charge in [-0.2, -0.15) is 0 Å². The van der Waals surface area contributed by atoms with Gasteiger partial charge in [-0.1, -0.05) is 12.1 Å². The maximum absolute atomic E-state index is 13.8. The number of nitrogens with zero attached hydrogens (tertiary/aromatic N) is 1. The second-order valence-electron chi connectivity index (χ2n) is 5.56. The van der Waals surface area contributed by atoms with Crippen LogP contribution in [0.3, 0.4) is 0 Å². The highest BCUT2D eigenvalue weighted by atomic mass is 19.1. The van der Waals surface area contributed by atoms with Gasteiger partial charge in [-0.25, -0.2) is 14.0 Å². The molecular weight excluding hydrogens is 345 g/mol. The predicted molar refractivity (Wildman–Crippen MR) is 89.3 cm³/mol. The summed E-state index contributed by atoms with van der Waals surface area (Å²) in [7, 11) is 4.07. The van der Waals surface area contributed by atoms with Crippen molar-refractivity contribution in [3.8, 4) is 0 Å². The summed E-state index contributed by atoms with van der Waals surface area (Å²) in [6.07, 6.45) is -1.88. The van der Waals surface area contributed by atoms with Crippen molar-refractivity contribution in [3.63, 3.8) is 0 Å². The minimum atomic E-state index is -0.939. The Labute approximate surface area is 150 Å². The molecule has 26 heavy (non-hydrogen) atoms. The molecule has 1 heterocycles. The van der Waals surface area contributed by atoms with Crippen LogP contribution in [-0.4, -0.2) is 38.5 Å². The Balaban J connectivity index is 2.63. The van der Waals surface area contributed by atoms with Crippen LogP contribution in [0.1, 0.15) is 25.3 Å². The van der Waals surface area contributed by atoms with E-state index in [0.29, 0.717) is 17.0 Å². The fourth-order valence-electron chi connectivity index (χ4n) is 2.64. The standard InChI is InChI=1S/C18H20FNO6/c1-10-15(25-17(21)23-4)14(12-7-6-8-13(19)9-12)16(11(2)20(10)3)26-18(22)24-5/h6-9,14H,1-5H3. The molecule has 2 rings (SSSR count). The number of hydrogen-bond donors (Lipinski definition) is 0. The van der Waals surface area contributed by atoms with Gasteiger partial charge in [0.25, 0.3) is 0 Å². The lowest BCUT2D eigenvalue weighted by Crippen LogP contribution is -2.30. The summed E-state index contributed by atoms with van der Waals surface area (Å²) in [6, 6.07) is 5.71. The smallest absolute Gasteiger partial charge is 0.437 e. The third kappa shape index (κ3) is 3.79. The first kappa shape index (κ1) is 19.3. The summed E-state index contributed by atoms with van der Waals surface area (Å²) in [5.41, 5.74) is 1.60. The van der Waals surface area contributed by atoms with Crippen molar-refractivity contribution in [3.05, 3.63) is 58.6 Å². The number of methoxy groups -OCH3 is 2. The largest absolute Gasteiger partial charge is 0.513 e. The topological polar surface area (TPSA) is 74.3 Å². The minimum Gasteiger partial charge on any atom is -0.437 e. The fourth-order valence-corrected chi connectivity index (χ4v) is 2.64. The second-order valence-corrected chi connectivity index (χ2v) is 5.56. The number of hydrogen-bond acceptors (Lipinski definition) is 7. The van der Waals surface area contributed by atoms with Crippen molar-refractivity contribution in [2.75, 3.05) is 21.3 Å². The van der Waals surface area contributed by atoms with Crippen molar-refractivity contribution in [1.29, 1.82) is 0 Å². The Morgan fingerprint density at radius 3 is 1.92 bits per heavy atom. The summed E-state index contributed by atoms with van der Waals surface area (Å²) in [5.74, 6) is -0.990. The Morgan fingerprint density at radius 1 is 1.00 bits per heavy atom. The average Bonchev–Trinajstić information content (AvgIpc) is 2.63. The molecule has 0 amide bonds. The molecule has 0 fully saturated rings. The number of halogens is 1. The van der Waals surface area contributed by atoms with E-state index >= 15 is 0 Å². The first-order valence-electron chi connectivity index (χ1n) is 7.72. The number of rotatable bonds is 3. The van der Waals surface area contributed by atoms with Gasteiger partial charge >= 0.3 is 12.3 Å². The van der Waals surface area contributed by atoms with Gasteiger partial charge < -0.3 is 23.8 Å². The predicted octanol–water partition coefficient (Wildman–Crippen LogP) is 3.88. The molecule has 1 aromatic carbocycles. The van der Waals surface area contributed by atoms with Crippen molar-refractivity contribution in [2.45, 2.75) is 19.8 Å². The highest BCUT2D eigenvalue weighted by Crippen LogP contribution is 2.42. The summed E-state index contributed by atoms with van der Waals surface area (Å²) in [4.78, 5) is 25.1. The molecule has 0 saturated carbocycles.